The van der Waals surface area contributed by atoms with E-state index in [2.05, 4.69) is 12.0 Å². The summed E-state index contributed by atoms with van der Waals surface area (Å²) in [4.78, 5) is 13.7. The van der Waals surface area contributed by atoms with Crippen molar-refractivity contribution in [2.75, 3.05) is 5.01 Å². The van der Waals surface area contributed by atoms with Gasteiger partial charge in [-0.3, -0.25) is 4.79 Å². The van der Waals surface area contributed by atoms with Gasteiger partial charge in [0.1, 0.15) is 0 Å². The molecule has 0 unspecified atom stereocenters. The lowest BCUT2D eigenvalue weighted by Crippen LogP contribution is -2.21. The molecule has 2 heterocycles. The van der Waals surface area contributed by atoms with E-state index in [9.17, 15) is 4.79 Å². The second-order valence-electron chi connectivity index (χ2n) is 5.14. The van der Waals surface area contributed by atoms with Crippen LogP contribution >= 0.6 is 11.3 Å². The van der Waals surface area contributed by atoms with Gasteiger partial charge in [-0.2, -0.15) is 10.1 Å². The Kier molecular flexibility index (Phi) is 3.47. The van der Waals surface area contributed by atoms with Crippen molar-refractivity contribution in [1.82, 2.24) is 0 Å². The van der Waals surface area contributed by atoms with Gasteiger partial charge in [0.05, 0.1) is 17.0 Å². The lowest BCUT2D eigenvalue weighted by Gasteiger charge is -2.13. The molecule has 0 aliphatic carbocycles. The maximum absolute atomic E-state index is 12.6. The van der Waals surface area contributed by atoms with E-state index >= 15 is 0 Å². The summed E-state index contributed by atoms with van der Waals surface area (Å²) in [5.41, 5.74) is 4.60. The number of hydrazone groups is 1. The molecule has 1 aromatic carbocycles. The van der Waals surface area contributed by atoms with Crippen LogP contribution in [0.3, 0.4) is 0 Å². The molecule has 0 bridgehead atoms. The second-order valence-corrected chi connectivity index (χ2v) is 6.12. The molecule has 1 aliphatic rings. The monoisotopic (exact) mass is 296 g/mol. The Morgan fingerprint density at radius 2 is 1.95 bits per heavy atom. The molecule has 3 nitrogen and oxygen atoms in total. The van der Waals surface area contributed by atoms with Crippen LogP contribution in [0.15, 0.2) is 46.4 Å². The van der Waals surface area contributed by atoms with E-state index in [0.717, 1.165) is 21.8 Å². The van der Waals surface area contributed by atoms with Crippen molar-refractivity contribution < 1.29 is 4.79 Å². The minimum absolute atomic E-state index is 0.0656. The number of benzene rings is 1. The number of carbonyl (C=O) groups excluding carboxylic acids is 1. The van der Waals surface area contributed by atoms with Crippen LogP contribution in [0.2, 0.25) is 0 Å². The zero-order valence-electron chi connectivity index (χ0n) is 12.3. The summed E-state index contributed by atoms with van der Waals surface area (Å²) < 4.78 is 0. The Morgan fingerprint density at radius 1 is 1.14 bits per heavy atom. The smallest absolute Gasteiger partial charge is 0.267 e. The maximum Gasteiger partial charge on any atom is 0.280 e. The van der Waals surface area contributed by atoms with Crippen LogP contribution in [0.25, 0.3) is 6.08 Å². The first-order chi connectivity index (χ1) is 10.1. The number of aryl methyl sites for hydroxylation is 2. The molecular weight excluding hydrogens is 280 g/mol. The second kappa shape index (κ2) is 5.30. The average molecular weight is 296 g/mol. The molecule has 0 radical (unpaired) electrons. The minimum atomic E-state index is -0.0656. The van der Waals surface area contributed by atoms with Gasteiger partial charge in [0.25, 0.3) is 5.91 Å². The van der Waals surface area contributed by atoms with Gasteiger partial charge in [0.2, 0.25) is 0 Å². The summed E-state index contributed by atoms with van der Waals surface area (Å²) in [5, 5.41) is 7.90. The molecule has 0 fully saturated rings. The van der Waals surface area contributed by atoms with E-state index < -0.39 is 0 Å². The summed E-state index contributed by atoms with van der Waals surface area (Å²) in [6.45, 7) is 5.97. The van der Waals surface area contributed by atoms with Crippen LogP contribution < -0.4 is 5.01 Å². The van der Waals surface area contributed by atoms with E-state index in [1.54, 1.807) is 11.3 Å². The number of rotatable bonds is 2. The molecule has 2 aromatic rings. The van der Waals surface area contributed by atoms with Crippen LogP contribution in [0.5, 0.6) is 0 Å². The van der Waals surface area contributed by atoms with E-state index in [1.165, 1.54) is 10.6 Å². The topological polar surface area (TPSA) is 32.7 Å². The van der Waals surface area contributed by atoms with Gasteiger partial charge in [0, 0.05) is 4.88 Å². The summed E-state index contributed by atoms with van der Waals surface area (Å²) in [7, 11) is 0. The fourth-order valence-electron chi connectivity index (χ4n) is 2.23. The average Bonchev–Trinajstić information content (AvgIpc) is 3.06. The first kappa shape index (κ1) is 13.8. The van der Waals surface area contributed by atoms with Gasteiger partial charge in [-0.1, -0.05) is 12.1 Å². The summed E-state index contributed by atoms with van der Waals surface area (Å²) >= 11 is 1.61. The Balaban J connectivity index is 1.97. The van der Waals surface area contributed by atoms with E-state index in [-0.39, 0.29) is 5.91 Å². The van der Waals surface area contributed by atoms with Crippen LogP contribution in [0.4, 0.5) is 5.69 Å². The zero-order chi connectivity index (χ0) is 15.0. The highest BCUT2D eigenvalue weighted by Crippen LogP contribution is 2.27. The van der Waals surface area contributed by atoms with Gasteiger partial charge in [0.15, 0.2) is 0 Å². The molecule has 1 amide bonds. The van der Waals surface area contributed by atoms with E-state index in [4.69, 9.17) is 0 Å². The normalized spacial score (nSPS) is 16.7. The van der Waals surface area contributed by atoms with Gasteiger partial charge in [-0.25, -0.2) is 0 Å². The standard InChI is InChI=1S/C17H16N2OS/c1-11-6-7-14(9-12(11)2)19-17(20)16(13(3)18-19)10-15-5-4-8-21-15/h4-10H,1-3H3/b16-10+. The van der Waals surface area contributed by atoms with Crippen molar-refractivity contribution in [2.24, 2.45) is 5.10 Å². The molecule has 0 N–H and O–H groups in total. The van der Waals surface area contributed by atoms with Gasteiger partial charge in [-0.05, 0) is 61.6 Å². The quantitative estimate of drug-likeness (QED) is 0.765. The molecule has 21 heavy (non-hydrogen) atoms. The number of anilines is 1. The molecule has 0 spiro atoms. The zero-order valence-corrected chi connectivity index (χ0v) is 13.1. The van der Waals surface area contributed by atoms with Gasteiger partial charge in [-0.15, -0.1) is 11.3 Å². The number of nitrogens with zero attached hydrogens (tertiary/aromatic N) is 2. The van der Waals surface area contributed by atoms with Crippen molar-refractivity contribution in [3.63, 3.8) is 0 Å². The molecule has 0 saturated heterocycles. The predicted octanol–water partition coefficient (Wildman–Crippen LogP) is 4.17. The fraction of sp³-hybridized carbons (Fsp3) is 0.176. The van der Waals surface area contributed by atoms with Crippen LogP contribution in [0.1, 0.15) is 22.9 Å². The fourth-order valence-corrected chi connectivity index (χ4v) is 2.89. The molecule has 0 atom stereocenters. The van der Waals surface area contributed by atoms with Crippen LogP contribution in [0, 0.1) is 13.8 Å². The predicted molar refractivity (Wildman–Crippen MR) is 88.8 cm³/mol. The minimum Gasteiger partial charge on any atom is -0.267 e. The summed E-state index contributed by atoms with van der Waals surface area (Å²) in [6, 6.07) is 9.92. The van der Waals surface area contributed by atoms with E-state index in [1.807, 2.05) is 55.6 Å². The molecule has 4 heteroatoms. The highest BCUT2D eigenvalue weighted by Gasteiger charge is 2.28. The van der Waals surface area contributed by atoms with Crippen molar-refractivity contribution in [1.29, 1.82) is 0 Å². The molecule has 3 rings (SSSR count). The van der Waals surface area contributed by atoms with Crippen molar-refractivity contribution in [3.05, 3.63) is 57.3 Å². The number of thiophene rings is 1. The first-order valence-corrected chi connectivity index (χ1v) is 7.67. The third-order valence-corrected chi connectivity index (χ3v) is 4.45. The molecule has 1 aliphatic heterocycles. The first-order valence-electron chi connectivity index (χ1n) is 6.79. The molecule has 1 aromatic heterocycles. The number of carbonyl (C=O) groups is 1. The van der Waals surface area contributed by atoms with Crippen LogP contribution in [-0.2, 0) is 4.79 Å². The largest absolute Gasteiger partial charge is 0.280 e. The Hall–Kier alpha value is -2.20. The Bertz CT molecular complexity index is 757. The molecule has 106 valence electrons. The third-order valence-electron chi connectivity index (χ3n) is 3.63. The Labute approximate surface area is 128 Å². The highest BCUT2D eigenvalue weighted by molar-refractivity contribution is 7.10. The number of hydrogen-bond donors (Lipinski definition) is 0. The lowest BCUT2D eigenvalue weighted by atomic mass is 10.1. The summed E-state index contributed by atoms with van der Waals surface area (Å²) in [5.74, 6) is -0.0656. The SMILES string of the molecule is CC1=NN(c2ccc(C)c(C)c2)C(=O)/C1=C/c1cccs1. The third kappa shape index (κ3) is 2.54. The summed E-state index contributed by atoms with van der Waals surface area (Å²) in [6.07, 6.45) is 1.91. The maximum atomic E-state index is 12.6. The number of amides is 1. The van der Waals surface area contributed by atoms with Crippen molar-refractivity contribution in [2.45, 2.75) is 20.8 Å². The molecule has 0 saturated carbocycles. The van der Waals surface area contributed by atoms with Gasteiger partial charge >= 0.3 is 0 Å². The van der Waals surface area contributed by atoms with Gasteiger partial charge < -0.3 is 0 Å². The van der Waals surface area contributed by atoms with Crippen LogP contribution in [-0.4, -0.2) is 11.6 Å². The van der Waals surface area contributed by atoms with Crippen molar-refractivity contribution >= 4 is 34.7 Å². The highest BCUT2D eigenvalue weighted by atomic mass is 32.1. The Morgan fingerprint density at radius 3 is 2.62 bits per heavy atom. The lowest BCUT2D eigenvalue weighted by molar-refractivity contribution is -0.114. The van der Waals surface area contributed by atoms with E-state index in [0.29, 0.717) is 5.57 Å². The number of hydrogen-bond acceptors (Lipinski definition) is 3. The molecular formula is C17H16N2OS. The van der Waals surface area contributed by atoms with Crippen molar-refractivity contribution in [3.8, 4) is 0 Å².